The second-order valence-electron chi connectivity index (χ2n) is 7.44. The van der Waals surface area contributed by atoms with Gasteiger partial charge in [-0.05, 0) is 44.0 Å². The van der Waals surface area contributed by atoms with Crippen molar-refractivity contribution in [1.29, 1.82) is 0 Å². The van der Waals surface area contributed by atoms with E-state index >= 15 is 0 Å². The van der Waals surface area contributed by atoms with E-state index in [1.807, 2.05) is 42.1 Å². The van der Waals surface area contributed by atoms with Crippen LogP contribution in [0.3, 0.4) is 0 Å². The van der Waals surface area contributed by atoms with Gasteiger partial charge >= 0.3 is 6.03 Å². The highest BCUT2D eigenvalue weighted by Gasteiger charge is 2.27. The molecule has 0 aliphatic carbocycles. The van der Waals surface area contributed by atoms with Gasteiger partial charge < -0.3 is 10.2 Å². The fourth-order valence-corrected chi connectivity index (χ4v) is 4.58. The molecule has 5 rings (SSSR count). The van der Waals surface area contributed by atoms with Crippen molar-refractivity contribution < 1.29 is 4.79 Å². The molecule has 1 saturated heterocycles. The Morgan fingerprint density at radius 1 is 1.07 bits per heavy atom. The normalized spacial score (nSPS) is 16.0. The molecule has 0 bridgehead atoms. The minimum atomic E-state index is -0.114. The van der Waals surface area contributed by atoms with Crippen molar-refractivity contribution in [2.75, 3.05) is 29.4 Å². The molecule has 0 radical (unpaired) electrons. The summed E-state index contributed by atoms with van der Waals surface area (Å²) >= 11 is 12.6. The van der Waals surface area contributed by atoms with Crippen LogP contribution in [0.2, 0.25) is 10.0 Å². The summed E-state index contributed by atoms with van der Waals surface area (Å²) in [5.41, 5.74) is 3.86. The monoisotopic (exact) mass is 442 g/mol. The standard InChI is InChI=1S/C21H20Cl2N6O/c1-13-11-18(29-9-6-19(26-29)28-10-7-24-21(28)30)15-3-2-8-27(20(15)25-13)17-5-4-14(22)12-16(17)23/h4-6,9,11-12H,2-3,7-8,10H2,1H3,(H,24,30). The van der Waals surface area contributed by atoms with Gasteiger partial charge in [-0.2, -0.15) is 0 Å². The number of carbonyl (C=O) groups is 1. The van der Waals surface area contributed by atoms with Crippen LogP contribution in [0.1, 0.15) is 17.7 Å². The van der Waals surface area contributed by atoms with E-state index in [-0.39, 0.29) is 6.03 Å². The average Bonchev–Trinajstić information content (AvgIpc) is 3.36. The third-order valence-corrected chi connectivity index (χ3v) is 5.96. The number of hydrogen-bond acceptors (Lipinski definition) is 4. The number of nitrogens with zero attached hydrogens (tertiary/aromatic N) is 5. The molecule has 2 amide bonds. The van der Waals surface area contributed by atoms with Crippen LogP contribution >= 0.6 is 23.2 Å². The van der Waals surface area contributed by atoms with Crippen molar-refractivity contribution in [2.24, 2.45) is 0 Å². The Labute approximate surface area is 184 Å². The number of aromatic nitrogens is 3. The first kappa shape index (κ1) is 19.2. The molecule has 1 fully saturated rings. The lowest BCUT2D eigenvalue weighted by Crippen LogP contribution is -2.28. The zero-order valence-corrected chi connectivity index (χ0v) is 17.9. The maximum absolute atomic E-state index is 12.0. The second-order valence-corrected chi connectivity index (χ2v) is 8.28. The first-order valence-electron chi connectivity index (χ1n) is 9.86. The number of urea groups is 1. The van der Waals surface area contributed by atoms with E-state index in [1.54, 1.807) is 11.0 Å². The van der Waals surface area contributed by atoms with E-state index in [0.29, 0.717) is 29.0 Å². The number of hydrogen-bond donors (Lipinski definition) is 1. The molecule has 0 saturated carbocycles. The molecule has 3 aromatic rings. The molecule has 154 valence electrons. The first-order chi connectivity index (χ1) is 14.5. The number of carbonyl (C=O) groups excluding carboxylic acids is 1. The van der Waals surface area contributed by atoms with Crippen LogP contribution in [0, 0.1) is 6.92 Å². The van der Waals surface area contributed by atoms with E-state index in [1.165, 1.54) is 0 Å². The quantitative estimate of drug-likeness (QED) is 0.648. The molecule has 1 aromatic carbocycles. The molecule has 2 aromatic heterocycles. The van der Waals surface area contributed by atoms with Crippen molar-refractivity contribution in [1.82, 2.24) is 20.1 Å². The second kappa shape index (κ2) is 7.49. The van der Waals surface area contributed by atoms with Crippen molar-refractivity contribution >= 4 is 46.6 Å². The summed E-state index contributed by atoms with van der Waals surface area (Å²) in [5, 5.41) is 8.69. The van der Waals surface area contributed by atoms with Crippen molar-refractivity contribution in [2.45, 2.75) is 19.8 Å². The lowest BCUT2D eigenvalue weighted by atomic mass is 10.0. The first-order valence-corrected chi connectivity index (χ1v) is 10.6. The summed E-state index contributed by atoms with van der Waals surface area (Å²) in [4.78, 5) is 20.6. The zero-order valence-electron chi connectivity index (χ0n) is 16.4. The number of anilines is 3. The number of aryl methyl sites for hydroxylation is 1. The Balaban J connectivity index is 1.58. The molecule has 2 aliphatic rings. The molecule has 2 aliphatic heterocycles. The maximum Gasteiger partial charge on any atom is 0.323 e. The molecular formula is C21H20Cl2N6O. The molecule has 0 unspecified atom stereocenters. The van der Waals surface area contributed by atoms with Crippen molar-refractivity contribution in [3.63, 3.8) is 0 Å². The van der Waals surface area contributed by atoms with E-state index in [4.69, 9.17) is 28.2 Å². The Morgan fingerprint density at radius 2 is 1.93 bits per heavy atom. The van der Waals surface area contributed by atoms with Gasteiger partial charge in [0.2, 0.25) is 0 Å². The van der Waals surface area contributed by atoms with Gasteiger partial charge in [-0.15, -0.1) is 5.10 Å². The SMILES string of the molecule is Cc1cc(-n2ccc(N3CCNC3=O)n2)c2c(n1)N(c1ccc(Cl)cc1Cl)CCC2. The summed E-state index contributed by atoms with van der Waals surface area (Å²) in [6.45, 7) is 4.04. The number of nitrogens with one attached hydrogen (secondary N) is 1. The number of halogens is 2. The van der Waals surface area contributed by atoms with Crippen LogP contribution < -0.4 is 15.1 Å². The summed E-state index contributed by atoms with van der Waals surface area (Å²) in [6, 6.07) is 9.31. The molecule has 7 nitrogen and oxygen atoms in total. The predicted molar refractivity (Wildman–Crippen MR) is 119 cm³/mol. The molecule has 1 N–H and O–H groups in total. The Bertz CT molecular complexity index is 1140. The minimum absolute atomic E-state index is 0.114. The van der Waals surface area contributed by atoms with Gasteiger partial charge in [-0.1, -0.05) is 23.2 Å². The molecule has 9 heteroatoms. The smallest absolute Gasteiger partial charge is 0.323 e. The van der Waals surface area contributed by atoms with Crippen LogP contribution in [-0.4, -0.2) is 40.4 Å². The van der Waals surface area contributed by atoms with Crippen LogP contribution in [-0.2, 0) is 6.42 Å². The van der Waals surface area contributed by atoms with E-state index in [2.05, 4.69) is 15.3 Å². The zero-order chi connectivity index (χ0) is 20.8. The molecule has 4 heterocycles. The number of pyridine rings is 1. The average molecular weight is 443 g/mol. The summed E-state index contributed by atoms with van der Waals surface area (Å²) < 4.78 is 1.83. The summed E-state index contributed by atoms with van der Waals surface area (Å²) in [6.07, 6.45) is 3.75. The fourth-order valence-electron chi connectivity index (χ4n) is 4.07. The number of rotatable bonds is 3. The van der Waals surface area contributed by atoms with E-state index in [0.717, 1.165) is 47.8 Å². The topological polar surface area (TPSA) is 66.3 Å². The largest absolute Gasteiger partial charge is 0.336 e. The van der Waals surface area contributed by atoms with Crippen LogP contribution in [0.25, 0.3) is 5.69 Å². The molecule has 0 spiro atoms. The third-order valence-electron chi connectivity index (χ3n) is 5.43. The maximum atomic E-state index is 12.0. The van der Waals surface area contributed by atoms with Gasteiger partial charge in [0.1, 0.15) is 5.82 Å². The van der Waals surface area contributed by atoms with Crippen LogP contribution in [0.15, 0.2) is 36.5 Å². The number of amides is 2. The minimum Gasteiger partial charge on any atom is -0.336 e. The van der Waals surface area contributed by atoms with E-state index in [9.17, 15) is 4.79 Å². The van der Waals surface area contributed by atoms with Gasteiger partial charge in [0, 0.05) is 48.2 Å². The van der Waals surface area contributed by atoms with Crippen molar-refractivity contribution in [3.05, 3.63) is 57.8 Å². The van der Waals surface area contributed by atoms with Gasteiger partial charge in [-0.25, -0.2) is 14.5 Å². The predicted octanol–water partition coefficient (Wildman–Crippen LogP) is 4.50. The molecule has 0 atom stereocenters. The lowest BCUT2D eigenvalue weighted by molar-refractivity contribution is 0.252. The van der Waals surface area contributed by atoms with Crippen LogP contribution in [0.5, 0.6) is 0 Å². The van der Waals surface area contributed by atoms with Crippen molar-refractivity contribution in [3.8, 4) is 5.69 Å². The third kappa shape index (κ3) is 3.28. The summed E-state index contributed by atoms with van der Waals surface area (Å²) in [7, 11) is 0. The Morgan fingerprint density at radius 3 is 2.70 bits per heavy atom. The highest BCUT2D eigenvalue weighted by Crippen LogP contribution is 2.39. The lowest BCUT2D eigenvalue weighted by Gasteiger charge is -2.32. The van der Waals surface area contributed by atoms with Gasteiger partial charge in [0.05, 0.1) is 16.4 Å². The van der Waals surface area contributed by atoms with Crippen LogP contribution in [0.4, 0.5) is 22.1 Å². The van der Waals surface area contributed by atoms with Gasteiger partial charge in [0.25, 0.3) is 0 Å². The highest BCUT2D eigenvalue weighted by molar-refractivity contribution is 6.36. The number of benzene rings is 1. The van der Waals surface area contributed by atoms with E-state index < -0.39 is 0 Å². The molecular weight excluding hydrogens is 423 g/mol. The fraction of sp³-hybridized carbons (Fsp3) is 0.286. The van der Waals surface area contributed by atoms with Gasteiger partial charge in [-0.3, -0.25) is 4.90 Å². The summed E-state index contributed by atoms with van der Waals surface area (Å²) in [5.74, 6) is 1.53. The Kier molecular flexibility index (Phi) is 4.79. The number of fused-ring (bicyclic) bond motifs is 1. The highest BCUT2D eigenvalue weighted by atomic mass is 35.5. The Hall–Kier alpha value is -2.77. The van der Waals surface area contributed by atoms with Gasteiger partial charge in [0.15, 0.2) is 5.82 Å². The molecule has 30 heavy (non-hydrogen) atoms.